The zero-order valence-corrected chi connectivity index (χ0v) is 9.51. The van der Waals surface area contributed by atoms with Gasteiger partial charge in [-0.25, -0.2) is 9.78 Å². The van der Waals surface area contributed by atoms with Crippen molar-refractivity contribution in [3.63, 3.8) is 0 Å². The van der Waals surface area contributed by atoms with Crippen LogP contribution in [0.25, 0.3) is 0 Å². The summed E-state index contributed by atoms with van der Waals surface area (Å²) in [6.07, 6.45) is 3.58. The molecule has 1 amide bonds. The molecule has 0 radical (unpaired) electrons. The minimum atomic E-state index is -1.10. The number of carboxylic acids is 1. The lowest BCUT2D eigenvalue weighted by Gasteiger charge is -2.16. The first-order valence-electron chi connectivity index (χ1n) is 5.30. The van der Waals surface area contributed by atoms with E-state index in [2.05, 4.69) is 15.3 Å². The molecule has 5 N–H and O–H groups in total. The van der Waals surface area contributed by atoms with Gasteiger partial charge in [-0.2, -0.15) is 0 Å². The van der Waals surface area contributed by atoms with Crippen LogP contribution in [-0.2, 0) is 16.0 Å². The van der Waals surface area contributed by atoms with Gasteiger partial charge in [0.15, 0.2) is 0 Å². The van der Waals surface area contributed by atoms with Crippen LogP contribution in [0.1, 0.15) is 19.0 Å². The highest BCUT2D eigenvalue weighted by molar-refractivity contribution is 5.86. The number of imidazole rings is 1. The molecule has 0 saturated heterocycles. The largest absolute Gasteiger partial charge is 0.480 e. The van der Waals surface area contributed by atoms with Crippen LogP contribution in [-0.4, -0.2) is 39.0 Å². The third-order valence-electron chi connectivity index (χ3n) is 2.37. The lowest BCUT2D eigenvalue weighted by atomic mass is 10.1. The molecule has 0 aliphatic heterocycles. The number of aliphatic carboxylic acids is 1. The minimum Gasteiger partial charge on any atom is -0.480 e. The summed E-state index contributed by atoms with van der Waals surface area (Å²) in [7, 11) is 0. The van der Waals surface area contributed by atoms with Crippen molar-refractivity contribution in [3.8, 4) is 0 Å². The van der Waals surface area contributed by atoms with Crippen LogP contribution in [0.3, 0.4) is 0 Å². The molecule has 17 heavy (non-hydrogen) atoms. The summed E-state index contributed by atoms with van der Waals surface area (Å²) in [5.74, 6) is -1.56. The van der Waals surface area contributed by atoms with Crippen molar-refractivity contribution in [2.45, 2.75) is 31.8 Å². The van der Waals surface area contributed by atoms with E-state index in [-0.39, 0.29) is 6.42 Å². The molecule has 7 nitrogen and oxygen atoms in total. The van der Waals surface area contributed by atoms with Gasteiger partial charge in [0.1, 0.15) is 6.04 Å². The van der Waals surface area contributed by atoms with E-state index in [4.69, 9.17) is 10.8 Å². The van der Waals surface area contributed by atoms with Crippen LogP contribution < -0.4 is 11.1 Å². The third kappa shape index (κ3) is 3.87. The van der Waals surface area contributed by atoms with E-state index in [1.807, 2.05) is 0 Å². The molecule has 1 aromatic heterocycles. The Bertz CT molecular complexity index is 377. The Morgan fingerprint density at radius 2 is 2.35 bits per heavy atom. The molecule has 0 saturated carbocycles. The number of carboxylic acid groups (broad SMARTS) is 1. The number of H-pyrrole nitrogens is 1. The zero-order chi connectivity index (χ0) is 12.8. The molecule has 2 atom stereocenters. The van der Waals surface area contributed by atoms with Gasteiger partial charge < -0.3 is 21.1 Å². The fourth-order valence-electron chi connectivity index (χ4n) is 1.28. The Labute approximate surface area is 98.4 Å². The first-order chi connectivity index (χ1) is 8.04. The monoisotopic (exact) mass is 240 g/mol. The van der Waals surface area contributed by atoms with Crippen LogP contribution >= 0.6 is 0 Å². The molecular formula is C10H16N4O3. The van der Waals surface area contributed by atoms with Crippen molar-refractivity contribution >= 4 is 11.9 Å². The first kappa shape index (κ1) is 13.2. The number of carbonyl (C=O) groups excluding carboxylic acids is 1. The van der Waals surface area contributed by atoms with E-state index in [0.717, 1.165) is 0 Å². The number of rotatable bonds is 6. The topological polar surface area (TPSA) is 121 Å². The molecule has 0 aliphatic rings. The molecule has 7 heteroatoms. The van der Waals surface area contributed by atoms with E-state index < -0.39 is 24.0 Å². The summed E-state index contributed by atoms with van der Waals surface area (Å²) in [5, 5.41) is 11.4. The smallest absolute Gasteiger partial charge is 0.326 e. The van der Waals surface area contributed by atoms with Crippen molar-refractivity contribution in [1.82, 2.24) is 15.3 Å². The number of nitrogens with two attached hydrogens (primary N) is 1. The first-order valence-corrected chi connectivity index (χ1v) is 5.30. The van der Waals surface area contributed by atoms with E-state index in [9.17, 15) is 9.59 Å². The van der Waals surface area contributed by atoms with Gasteiger partial charge in [-0.05, 0) is 6.42 Å². The zero-order valence-electron chi connectivity index (χ0n) is 9.51. The summed E-state index contributed by atoms with van der Waals surface area (Å²) in [6, 6.07) is -1.68. The van der Waals surface area contributed by atoms with E-state index >= 15 is 0 Å². The minimum absolute atomic E-state index is 0.150. The van der Waals surface area contributed by atoms with Gasteiger partial charge in [-0.15, -0.1) is 0 Å². The predicted octanol–water partition coefficient (Wildman–Crippen LogP) is -0.741. The number of amides is 1. The van der Waals surface area contributed by atoms with Crippen LogP contribution in [0, 0.1) is 0 Å². The van der Waals surface area contributed by atoms with Gasteiger partial charge >= 0.3 is 5.97 Å². The van der Waals surface area contributed by atoms with Crippen LogP contribution in [0.15, 0.2) is 12.5 Å². The van der Waals surface area contributed by atoms with Gasteiger partial charge in [-0.3, -0.25) is 4.79 Å². The Kier molecular flexibility index (Phi) is 4.65. The number of aromatic amines is 1. The second-order valence-electron chi connectivity index (χ2n) is 3.70. The predicted molar refractivity (Wildman–Crippen MR) is 60.1 cm³/mol. The fourth-order valence-corrected chi connectivity index (χ4v) is 1.28. The quantitative estimate of drug-likeness (QED) is 0.521. The fraction of sp³-hybridized carbons (Fsp3) is 0.500. The van der Waals surface area contributed by atoms with Gasteiger partial charge in [0, 0.05) is 18.3 Å². The average molecular weight is 240 g/mol. The Hall–Kier alpha value is -1.89. The molecule has 0 aliphatic carbocycles. The summed E-state index contributed by atoms with van der Waals surface area (Å²) in [4.78, 5) is 29.0. The second kappa shape index (κ2) is 6.00. The summed E-state index contributed by atoms with van der Waals surface area (Å²) in [5.41, 5.74) is 6.15. The molecule has 1 rings (SSSR count). The van der Waals surface area contributed by atoms with Gasteiger partial charge in [0.25, 0.3) is 0 Å². The summed E-state index contributed by atoms with van der Waals surface area (Å²) in [6.45, 7) is 1.76. The van der Waals surface area contributed by atoms with Gasteiger partial charge in [-0.1, -0.05) is 6.92 Å². The van der Waals surface area contributed by atoms with Crippen LogP contribution in [0.5, 0.6) is 0 Å². The lowest BCUT2D eigenvalue weighted by Crippen LogP contribution is -2.49. The molecule has 0 bridgehead atoms. The SMILES string of the molecule is CC[C@H](N)C(=O)N[C@H](Cc1cnc[nH]1)C(=O)O. The van der Waals surface area contributed by atoms with Crippen molar-refractivity contribution in [2.75, 3.05) is 0 Å². The third-order valence-corrected chi connectivity index (χ3v) is 2.37. The van der Waals surface area contributed by atoms with Crippen molar-refractivity contribution in [3.05, 3.63) is 18.2 Å². The van der Waals surface area contributed by atoms with E-state index in [1.54, 1.807) is 6.92 Å². The van der Waals surface area contributed by atoms with E-state index in [1.165, 1.54) is 12.5 Å². The highest BCUT2D eigenvalue weighted by atomic mass is 16.4. The normalized spacial score (nSPS) is 14.0. The number of aromatic nitrogens is 2. The van der Waals surface area contributed by atoms with Gasteiger partial charge in [0.05, 0.1) is 12.4 Å². The lowest BCUT2D eigenvalue weighted by molar-refractivity contribution is -0.142. The Morgan fingerprint density at radius 1 is 1.65 bits per heavy atom. The van der Waals surface area contributed by atoms with Crippen molar-refractivity contribution in [1.29, 1.82) is 0 Å². The summed E-state index contributed by atoms with van der Waals surface area (Å²) < 4.78 is 0. The molecular weight excluding hydrogens is 224 g/mol. The van der Waals surface area contributed by atoms with E-state index in [0.29, 0.717) is 12.1 Å². The maximum atomic E-state index is 11.5. The molecule has 0 aromatic carbocycles. The maximum absolute atomic E-state index is 11.5. The van der Waals surface area contributed by atoms with Crippen LogP contribution in [0.4, 0.5) is 0 Å². The summed E-state index contributed by atoms with van der Waals surface area (Å²) >= 11 is 0. The molecule has 0 fully saturated rings. The Balaban J connectivity index is 2.61. The Morgan fingerprint density at radius 3 is 2.82 bits per heavy atom. The highest BCUT2D eigenvalue weighted by Gasteiger charge is 2.23. The molecule has 1 aromatic rings. The van der Waals surface area contributed by atoms with Crippen molar-refractivity contribution < 1.29 is 14.7 Å². The second-order valence-corrected chi connectivity index (χ2v) is 3.70. The molecule has 1 heterocycles. The highest BCUT2D eigenvalue weighted by Crippen LogP contribution is 1.99. The number of hydrogen-bond acceptors (Lipinski definition) is 4. The molecule has 0 unspecified atom stereocenters. The number of nitrogens with zero attached hydrogens (tertiary/aromatic N) is 1. The molecule has 94 valence electrons. The van der Waals surface area contributed by atoms with Gasteiger partial charge in [0.2, 0.25) is 5.91 Å². The number of carbonyl (C=O) groups is 2. The number of hydrogen-bond donors (Lipinski definition) is 4. The average Bonchev–Trinajstić information content (AvgIpc) is 2.79. The van der Waals surface area contributed by atoms with Crippen LogP contribution in [0.2, 0.25) is 0 Å². The maximum Gasteiger partial charge on any atom is 0.326 e. The standard InChI is InChI=1S/C10H16N4O3/c1-2-7(11)9(15)14-8(10(16)17)3-6-4-12-5-13-6/h4-5,7-8H,2-3,11H2,1H3,(H,12,13)(H,14,15)(H,16,17)/t7-,8+/m0/s1. The number of nitrogens with one attached hydrogen (secondary N) is 2. The van der Waals surface area contributed by atoms with Crippen molar-refractivity contribution in [2.24, 2.45) is 5.73 Å². The molecule has 0 spiro atoms.